The summed E-state index contributed by atoms with van der Waals surface area (Å²) < 4.78 is 5.86. The van der Waals surface area contributed by atoms with Crippen LogP contribution in [0.2, 0.25) is 0 Å². The first-order chi connectivity index (χ1) is 23.0. The molecule has 6 nitrogen and oxygen atoms in total. The zero-order chi connectivity index (χ0) is 34.6. The molecule has 0 aliphatic heterocycles. The van der Waals surface area contributed by atoms with Gasteiger partial charge in [0.2, 0.25) is 5.91 Å². The van der Waals surface area contributed by atoms with Crippen LogP contribution in [0.1, 0.15) is 226 Å². The quantitative estimate of drug-likeness (QED) is 0.0452. The van der Waals surface area contributed by atoms with E-state index in [9.17, 15) is 19.8 Å². The summed E-state index contributed by atoms with van der Waals surface area (Å²) in [5, 5.41) is 23.4. The van der Waals surface area contributed by atoms with Crippen molar-refractivity contribution in [1.29, 1.82) is 0 Å². The number of aliphatic hydroxyl groups excluding tert-OH is 2. The van der Waals surface area contributed by atoms with Crippen molar-refractivity contribution in [2.75, 3.05) is 6.61 Å². The Hall–Kier alpha value is -1.14. The zero-order valence-corrected chi connectivity index (χ0v) is 31.7. The third kappa shape index (κ3) is 31.9. The Kier molecular flexibility index (Phi) is 35.3. The van der Waals surface area contributed by atoms with Crippen LogP contribution in [0.15, 0.2) is 0 Å². The molecular weight excluding hydrogens is 586 g/mol. The van der Waals surface area contributed by atoms with Crippen molar-refractivity contribution in [3.8, 4) is 0 Å². The van der Waals surface area contributed by atoms with Crippen LogP contribution in [-0.4, -0.2) is 46.9 Å². The summed E-state index contributed by atoms with van der Waals surface area (Å²) in [4.78, 5) is 25.7. The van der Waals surface area contributed by atoms with E-state index >= 15 is 0 Å². The van der Waals surface area contributed by atoms with Crippen molar-refractivity contribution < 1.29 is 24.5 Å². The van der Waals surface area contributed by atoms with Crippen molar-refractivity contribution in [2.45, 2.75) is 244 Å². The summed E-state index contributed by atoms with van der Waals surface area (Å²) in [6.07, 6.45) is 34.5. The second-order valence-electron chi connectivity index (χ2n) is 14.4. The lowest BCUT2D eigenvalue weighted by Gasteiger charge is -2.24. The molecule has 0 aliphatic carbocycles. The first-order valence-corrected chi connectivity index (χ1v) is 20.8. The number of hydrogen-bond acceptors (Lipinski definition) is 5. The fourth-order valence-corrected chi connectivity index (χ4v) is 6.49. The summed E-state index contributed by atoms with van der Waals surface area (Å²) in [6, 6.07) is -0.688. The molecule has 0 fully saturated rings. The molecule has 0 spiro atoms. The molecule has 6 heteroatoms. The monoisotopic (exact) mass is 668 g/mol. The molecule has 0 rings (SSSR count). The average molecular weight is 668 g/mol. The number of hydrogen-bond donors (Lipinski definition) is 3. The highest BCUT2D eigenvalue weighted by molar-refractivity contribution is 5.77. The van der Waals surface area contributed by atoms with Gasteiger partial charge in [0.1, 0.15) is 6.10 Å². The van der Waals surface area contributed by atoms with Gasteiger partial charge in [0, 0.05) is 6.42 Å². The van der Waals surface area contributed by atoms with Crippen LogP contribution in [0.25, 0.3) is 0 Å². The second kappa shape index (κ2) is 36.1. The number of carbonyl (C=O) groups is 2. The van der Waals surface area contributed by atoms with Gasteiger partial charge in [0.05, 0.1) is 25.2 Å². The molecular formula is C41H81NO5. The van der Waals surface area contributed by atoms with Crippen molar-refractivity contribution >= 4 is 11.9 Å². The van der Waals surface area contributed by atoms with E-state index in [1.807, 2.05) is 0 Å². The molecule has 280 valence electrons. The Bertz CT molecular complexity index is 672. The predicted octanol–water partition coefficient (Wildman–Crippen LogP) is 11.3. The Balaban J connectivity index is 4.52. The highest BCUT2D eigenvalue weighted by Crippen LogP contribution is 2.17. The lowest BCUT2D eigenvalue weighted by atomic mass is 10.0. The van der Waals surface area contributed by atoms with Gasteiger partial charge in [0.15, 0.2) is 0 Å². The van der Waals surface area contributed by atoms with Crippen LogP contribution in [0.5, 0.6) is 0 Å². The minimum absolute atomic E-state index is 0.0851. The van der Waals surface area contributed by atoms with Gasteiger partial charge in [-0.2, -0.15) is 0 Å². The van der Waals surface area contributed by atoms with Crippen molar-refractivity contribution in [3.05, 3.63) is 0 Å². The topological polar surface area (TPSA) is 95.9 Å². The van der Waals surface area contributed by atoms with Gasteiger partial charge >= 0.3 is 5.97 Å². The summed E-state index contributed by atoms with van der Waals surface area (Å²) in [5.74, 6) is -0.468. The van der Waals surface area contributed by atoms with Gasteiger partial charge in [0.25, 0.3) is 0 Å². The molecule has 0 radical (unpaired) electrons. The van der Waals surface area contributed by atoms with E-state index in [1.165, 1.54) is 135 Å². The third-order valence-electron chi connectivity index (χ3n) is 9.69. The number of ether oxygens (including phenoxy) is 1. The molecule has 3 N–H and O–H groups in total. The van der Waals surface area contributed by atoms with Gasteiger partial charge in [-0.15, -0.1) is 0 Å². The molecule has 0 aromatic heterocycles. The number of unbranched alkanes of at least 4 members (excludes halogenated alkanes) is 25. The van der Waals surface area contributed by atoms with Crippen molar-refractivity contribution in [1.82, 2.24) is 5.32 Å². The molecule has 47 heavy (non-hydrogen) atoms. The van der Waals surface area contributed by atoms with Gasteiger partial charge in [-0.05, 0) is 25.7 Å². The number of aliphatic hydroxyl groups is 2. The van der Waals surface area contributed by atoms with Crippen LogP contribution in [0.3, 0.4) is 0 Å². The number of nitrogens with one attached hydrogen (secondary N) is 1. The van der Waals surface area contributed by atoms with Gasteiger partial charge in [-0.1, -0.05) is 188 Å². The minimum Gasteiger partial charge on any atom is -0.462 e. The number of carbonyl (C=O) groups excluding carboxylic acids is 2. The maximum Gasteiger partial charge on any atom is 0.306 e. The Morgan fingerprint density at radius 2 is 0.894 bits per heavy atom. The molecule has 3 unspecified atom stereocenters. The standard InChI is InChI=1S/C41H81NO5/c1-4-7-10-13-16-19-20-22-25-28-31-34-41(46)47-37(32-29-26-23-18-15-12-9-6-3)35-40(45)42-38(36-43)39(44)33-30-27-24-21-17-14-11-8-5-2/h37-39,43-44H,4-36H2,1-3H3,(H,42,45). The van der Waals surface area contributed by atoms with E-state index in [-0.39, 0.29) is 24.9 Å². The van der Waals surface area contributed by atoms with E-state index in [0.717, 1.165) is 44.9 Å². The zero-order valence-electron chi connectivity index (χ0n) is 31.7. The molecule has 0 saturated carbocycles. The summed E-state index contributed by atoms with van der Waals surface area (Å²) in [6.45, 7) is 6.42. The lowest BCUT2D eigenvalue weighted by molar-refractivity contribution is -0.151. The fraction of sp³-hybridized carbons (Fsp3) is 0.951. The Labute approximate surface area is 292 Å². The second-order valence-corrected chi connectivity index (χ2v) is 14.4. The SMILES string of the molecule is CCCCCCCCCCCCCC(=O)OC(CCCCCCCCCC)CC(=O)NC(CO)C(O)CCCCCCCCCCC. The van der Waals surface area contributed by atoms with E-state index in [4.69, 9.17) is 4.74 Å². The number of rotatable bonds is 37. The molecule has 0 heterocycles. The van der Waals surface area contributed by atoms with Gasteiger partial charge < -0.3 is 20.3 Å². The van der Waals surface area contributed by atoms with E-state index < -0.39 is 18.2 Å². The minimum atomic E-state index is -0.775. The molecule has 0 aliphatic rings. The van der Waals surface area contributed by atoms with Gasteiger partial charge in [-0.25, -0.2) is 0 Å². The third-order valence-corrected chi connectivity index (χ3v) is 9.69. The molecule has 0 saturated heterocycles. The van der Waals surface area contributed by atoms with Crippen LogP contribution in [0.4, 0.5) is 0 Å². The summed E-state index contributed by atoms with van der Waals surface area (Å²) in [5.41, 5.74) is 0. The normalized spacial score (nSPS) is 13.4. The summed E-state index contributed by atoms with van der Waals surface area (Å²) in [7, 11) is 0. The maximum absolute atomic E-state index is 13.0. The van der Waals surface area contributed by atoms with Gasteiger partial charge in [-0.3, -0.25) is 9.59 Å². The predicted molar refractivity (Wildman–Crippen MR) is 200 cm³/mol. The first kappa shape index (κ1) is 45.9. The average Bonchev–Trinajstić information content (AvgIpc) is 3.06. The molecule has 0 aromatic carbocycles. The molecule has 1 amide bonds. The van der Waals surface area contributed by atoms with E-state index in [1.54, 1.807) is 0 Å². The molecule has 3 atom stereocenters. The highest BCUT2D eigenvalue weighted by atomic mass is 16.5. The fourth-order valence-electron chi connectivity index (χ4n) is 6.49. The Morgan fingerprint density at radius 3 is 1.30 bits per heavy atom. The highest BCUT2D eigenvalue weighted by Gasteiger charge is 2.24. The van der Waals surface area contributed by atoms with Crippen LogP contribution >= 0.6 is 0 Å². The molecule has 0 aromatic rings. The summed E-state index contributed by atoms with van der Waals surface area (Å²) >= 11 is 0. The lowest BCUT2D eigenvalue weighted by Crippen LogP contribution is -2.46. The maximum atomic E-state index is 13.0. The first-order valence-electron chi connectivity index (χ1n) is 20.8. The van der Waals surface area contributed by atoms with Crippen LogP contribution in [0, 0.1) is 0 Å². The van der Waals surface area contributed by atoms with Crippen molar-refractivity contribution in [3.63, 3.8) is 0 Å². The van der Waals surface area contributed by atoms with Crippen LogP contribution < -0.4 is 5.32 Å². The van der Waals surface area contributed by atoms with Crippen molar-refractivity contribution in [2.24, 2.45) is 0 Å². The largest absolute Gasteiger partial charge is 0.462 e. The smallest absolute Gasteiger partial charge is 0.306 e. The Morgan fingerprint density at radius 1 is 0.532 bits per heavy atom. The van der Waals surface area contributed by atoms with E-state index in [0.29, 0.717) is 19.3 Å². The van der Waals surface area contributed by atoms with Crippen LogP contribution in [-0.2, 0) is 14.3 Å². The number of amides is 1. The van der Waals surface area contributed by atoms with E-state index in [2.05, 4.69) is 26.1 Å². The number of esters is 1. The molecule has 0 bridgehead atoms.